The number of fused-ring (bicyclic) bond motifs is 1. The third kappa shape index (κ3) is 6.39. The van der Waals surface area contributed by atoms with Crippen LogP contribution in [0.25, 0.3) is 11.2 Å². The zero-order valence-electron chi connectivity index (χ0n) is 21.3. The van der Waals surface area contributed by atoms with Crippen LogP contribution in [0.4, 0.5) is 5.95 Å². The molecule has 2 aromatic rings. The number of nitrogens with one attached hydrogen (secondary N) is 1. The highest BCUT2D eigenvalue weighted by Gasteiger charge is 2.46. The fourth-order valence-electron chi connectivity index (χ4n) is 4.85. The molecule has 0 aliphatic carbocycles. The highest BCUT2D eigenvalue weighted by molar-refractivity contribution is 6.75. The summed E-state index contributed by atoms with van der Waals surface area (Å²) in [4.78, 5) is 22.7. The molecule has 2 aromatic heterocycles. The van der Waals surface area contributed by atoms with Gasteiger partial charge in [-0.2, -0.15) is 4.98 Å². The van der Waals surface area contributed by atoms with Gasteiger partial charge >= 0.3 is 8.56 Å². The number of anilines is 1. The zero-order valence-corrected chi connectivity index (χ0v) is 23.4. The summed E-state index contributed by atoms with van der Waals surface area (Å²) in [5.41, 5.74) is 5.47. The van der Waals surface area contributed by atoms with Gasteiger partial charge in [-0.15, -0.1) is 0 Å². The van der Waals surface area contributed by atoms with Crippen molar-refractivity contribution in [2.24, 2.45) is 0 Å². The molecule has 4 unspecified atom stereocenters. The first-order valence-electron chi connectivity index (χ1n) is 12.8. The number of H-pyrrole nitrogens is 1. The first kappa shape index (κ1) is 28.0. The Labute approximate surface area is 209 Å². The summed E-state index contributed by atoms with van der Waals surface area (Å²) in [6, 6.07) is 4.05. The van der Waals surface area contributed by atoms with Gasteiger partial charge in [0.1, 0.15) is 18.3 Å². The lowest BCUT2D eigenvalue weighted by atomic mass is 10.1. The van der Waals surface area contributed by atoms with E-state index in [-0.39, 0.29) is 23.7 Å². The van der Waals surface area contributed by atoms with Crippen LogP contribution in [0, 0.1) is 0 Å². The number of nitrogens with two attached hydrogens (primary N) is 1. The Hall–Kier alpha value is -1.62. The average Bonchev–Trinajstić information content (AvgIpc) is 3.34. The SMILES string of the molecule is CCC[SiH](CCC)O[Si](CCC)(CCC)OCC1OC(n2cnc3c(=O)[nH]c(N)nc32)C(O)C1O. The van der Waals surface area contributed by atoms with E-state index < -0.39 is 47.7 Å². The Balaban J connectivity index is 1.79. The molecule has 13 heteroatoms. The second-order valence-electron chi connectivity index (χ2n) is 9.36. The fraction of sp³-hybridized carbons (Fsp3) is 0.773. The van der Waals surface area contributed by atoms with E-state index in [9.17, 15) is 15.0 Å². The minimum Gasteiger partial charge on any atom is -0.438 e. The summed E-state index contributed by atoms with van der Waals surface area (Å²) in [6.07, 6.45) is 1.35. The summed E-state index contributed by atoms with van der Waals surface area (Å²) in [5, 5.41) is 21.6. The van der Waals surface area contributed by atoms with Crippen molar-refractivity contribution in [1.29, 1.82) is 0 Å². The molecule has 1 aliphatic heterocycles. The molecule has 3 heterocycles. The largest absolute Gasteiger partial charge is 0.438 e. The van der Waals surface area contributed by atoms with Crippen molar-refractivity contribution in [1.82, 2.24) is 19.5 Å². The van der Waals surface area contributed by atoms with Crippen molar-refractivity contribution >= 4 is 34.7 Å². The molecular formula is C22H41N5O6Si2. The van der Waals surface area contributed by atoms with Crippen LogP contribution in [0.5, 0.6) is 0 Å². The summed E-state index contributed by atoms with van der Waals surface area (Å²) >= 11 is 0. The van der Waals surface area contributed by atoms with Crippen LogP contribution in [0.3, 0.4) is 0 Å². The summed E-state index contributed by atoms with van der Waals surface area (Å²) in [6.45, 7) is 8.81. The molecule has 4 atom stereocenters. The maximum atomic E-state index is 12.1. The smallest absolute Gasteiger partial charge is 0.327 e. The molecule has 0 radical (unpaired) electrons. The molecule has 3 rings (SSSR count). The van der Waals surface area contributed by atoms with Crippen molar-refractivity contribution in [3.05, 3.63) is 16.7 Å². The molecule has 0 bridgehead atoms. The van der Waals surface area contributed by atoms with Gasteiger partial charge in [0, 0.05) is 0 Å². The maximum absolute atomic E-state index is 12.1. The van der Waals surface area contributed by atoms with E-state index in [0.29, 0.717) is 0 Å². The van der Waals surface area contributed by atoms with E-state index in [1.54, 1.807) is 0 Å². The van der Waals surface area contributed by atoms with Crippen molar-refractivity contribution in [2.45, 2.75) is 102 Å². The van der Waals surface area contributed by atoms with Crippen LogP contribution in [-0.2, 0) is 13.3 Å². The van der Waals surface area contributed by atoms with Gasteiger partial charge in [0.15, 0.2) is 26.4 Å². The second kappa shape index (κ2) is 12.6. The molecule has 1 saturated heterocycles. The molecule has 198 valence electrons. The van der Waals surface area contributed by atoms with E-state index >= 15 is 0 Å². The summed E-state index contributed by atoms with van der Waals surface area (Å²) in [7, 11) is -3.89. The van der Waals surface area contributed by atoms with Crippen molar-refractivity contribution in [3.63, 3.8) is 0 Å². The average molecular weight is 528 g/mol. The van der Waals surface area contributed by atoms with Crippen LogP contribution in [0.15, 0.2) is 11.1 Å². The zero-order chi connectivity index (χ0) is 25.6. The molecule has 5 N–H and O–H groups in total. The molecular weight excluding hydrogens is 486 g/mol. The molecule has 0 amide bonds. The van der Waals surface area contributed by atoms with Gasteiger partial charge in [0.05, 0.1) is 12.9 Å². The lowest BCUT2D eigenvalue weighted by molar-refractivity contribution is -0.0509. The maximum Gasteiger partial charge on any atom is 0.327 e. The van der Waals surface area contributed by atoms with E-state index in [4.69, 9.17) is 19.0 Å². The number of aromatic nitrogens is 4. The molecule has 1 aliphatic rings. The molecule has 11 nitrogen and oxygen atoms in total. The van der Waals surface area contributed by atoms with E-state index in [1.807, 2.05) is 0 Å². The highest BCUT2D eigenvalue weighted by atomic mass is 28.4. The highest BCUT2D eigenvalue weighted by Crippen LogP contribution is 2.33. The van der Waals surface area contributed by atoms with Gasteiger partial charge in [-0.05, 0) is 24.2 Å². The fourth-order valence-corrected chi connectivity index (χ4v) is 13.5. The minimum absolute atomic E-state index is 0.0675. The topological polar surface area (TPSA) is 158 Å². The van der Waals surface area contributed by atoms with Gasteiger partial charge in [-0.1, -0.05) is 53.4 Å². The second-order valence-corrected chi connectivity index (χ2v) is 15.8. The predicted molar refractivity (Wildman–Crippen MR) is 139 cm³/mol. The normalized spacial score (nSPS) is 23.1. The molecule has 0 saturated carbocycles. The predicted octanol–water partition coefficient (Wildman–Crippen LogP) is 2.16. The lowest BCUT2D eigenvalue weighted by Gasteiger charge is -2.35. The molecule has 0 aromatic carbocycles. The van der Waals surface area contributed by atoms with Gasteiger partial charge in [-0.25, -0.2) is 4.98 Å². The Morgan fingerprint density at radius 2 is 1.80 bits per heavy atom. The standard InChI is InChI=1S/C22H41N5O6Si2/c1-5-9-34(10-6-2)33-35(11-7-3,12-8-4)31-13-15-17(28)18(29)21(32-15)27-14-24-16-19(27)25-22(23)26-20(16)30/h14-15,17-18,21,28-29,34H,5-13H2,1-4H3,(H3,23,25,26,30). The molecule has 0 spiro atoms. The number of aliphatic hydroxyl groups is 2. The number of ether oxygens (including phenoxy) is 1. The van der Waals surface area contributed by atoms with Crippen LogP contribution >= 0.6 is 0 Å². The van der Waals surface area contributed by atoms with Crippen LogP contribution in [0.2, 0.25) is 24.2 Å². The number of aliphatic hydroxyl groups excluding tert-OH is 2. The number of hydrogen-bond acceptors (Lipinski definition) is 9. The van der Waals surface area contributed by atoms with Gasteiger partial charge in [0.25, 0.3) is 5.56 Å². The quantitative estimate of drug-likeness (QED) is 0.270. The minimum atomic E-state index is -2.50. The first-order valence-corrected chi connectivity index (χ1v) is 17.2. The number of nitrogens with zero attached hydrogens (tertiary/aromatic N) is 3. The van der Waals surface area contributed by atoms with Gasteiger partial charge in [0.2, 0.25) is 5.95 Å². The lowest BCUT2D eigenvalue weighted by Crippen LogP contribution is -2.49. The molecule has 35 heavy (non-hydrogen) atoms. The van der Waals surface area contributed by atoms with E-state index in [0.717, 1.165) is 49.9 Å². The van der Waals surface area contributed by atoms with Crippen molar-refractivity contribution in [3.8, 4) is 0 Å². The summed E-state index contributed by atoms with van der Waals surface area (Å²) in [5.74, 6) is -0.0675. The number of hydrogen-bond donors (Lipinski definition) is 4. The van der Waals surface area contributed by atoms with Crippen molar-refractivity contribution in [2.75, 3.05) is 12.3 Å². The molecule has 1 fully saturated rings. The Morgan fingerprint density at radius 1 is 1.14 bits per heavy atom. The van der Waals surface area contributed by atoms with Crippen LogP contribution in [-0.4, -0.2) is 72.3 Å². The van der Waals surface area contributed by atoms with E-state index in [1.165, 1.54) is 10.9 Å². The number of rotatable bonds is 14. The Morgan fingerprint density at radius 3 is 2.40 bits per heavy atom. The third-order valence-electron chi connectivity index (χ3n) is 6.44. The van der Waals surface area contributed by atoms with Gasteiger partial charge in [-0.3, -0.25) is 14.3 Å². The van der Waals surface area contributed by atoms with Gasteiger partial charge < -0.3 is 29.2 Å². The number of imidazole rings is 1. The first-order chi connectivity index (χ1) is 16.8. The number of nitrogen functional groups attached to an aromatic ring is 1. The third-order valence-corrected chi connectivity index (χ3v) is 15.1. The van der Waals surface area contributed by atoms with E-state index in [2.05, 4.69) is 42.6 Å². The Bertz CT molecular complexity index is 992. The van der Waals surface area contributed by atoms with Crippen molar-refractivity contribution < 1.29 is 23.5 Å². The van der Waals surface area contributed by atoms with Crippen LogP contribution in [0.1, 0.15) is 59.6 Å². The Kier molecular flexibility index (Phi) is 10.0. The number of aromatic amines is 1. The summed E-state index contributed by atoms with van der Waals surface area (Å²) < 4.78 is 20.9. The van der Waals surface area contributed by atoms with Crippen LogP contribution < -0.4 is 11.3 Å². The monoisotopic (exact) mass is 527 g/mol.